The summed E-state index contributed by atoms with van der Waals surface area (Å²) >= 11 is 0. The standard InChI is InChI=1S/C18H25NO6S/c1-14(20)24-12-7-13-26(22,23)19-18(21)16-10-5-6-11-17(16)25-15-8-3-2-4-9-15/h5-6,10-11,15H,2-4,7-9,12-13H2,1H3,(H,19,21). The Labute approximate surface area is 154 Å². The molecule has 1 N–H and O–H groups in total. The smallest absolute Gasteiger partial charge is 0.302 e. The molecule has 1 saturated carbocycles. The summed E-state index contributed by atoms with van der Waals surface area (Å²) in [5.74, 6) is -1.10. The Morgan fingerprint density at radius 2 is 1.85 bits per heavy atom. The van der Waals surface area contributed by atoms with Gasteiger partial charge in [0, 0.05) is 6.92 Å². The molecule has 0 spiro atoms. The third-order valence-corrected chi connectivity index (χ3v) is 5.41. The number of hydrogen-bond acceptors (Lipinski definition) is 6. The van der Waals surface area contributed by atoms with E-state index in [4.69, 9.17) is 9.47 Å². The predicted molar refractivity (Wildman–Crippen MR) is 96.4 cm³/mol. The largest absolute Gasteiger partial charge is 0.490 e. The number of amides is 1. The predicted octanol–water partition coefficient (Wildman–Crippen LogP) is 2.41. The van der Waals surface area contributed by atoms with Crippen molar-refractivity contribution in [1.29, 1.82) is 0 Å². The molecule has 0 aliphatic heterocycles. The molecule has 26 heavy (non-hydrogen) atoms. The van der Waals surface area contributed by atoms with Crippen LogP contribution >= 0.6 is 0 Å². The molecule has 1 aliphatic carbocycles. The van der Waals surface area contributed by atoms with Gasteiger partial charge in [-0.05, 0) is 44.2 Å². The first-order valence-electron chi connectivity index (χ1n) is 8.81. The third-order valence-electron chi connectivity index (χ3n) is 4.09. The topological polar surface area (TPSA) is 98.8 Å². The summed E-state index contributed by atoms with van der Waals surface area (Å²) in [6.07, 6.45) is 5.41. The number of para-hydroxylation sites is 1. The lowest BCUT2D eigenvalue weighted by atomic mass is 9.97. The van der Waals surface area contributed by atoms with Crippen LogP contribution in [-0.2, 0) is 19.6 Å². The van der Waals surface area contributed by atoms with E-state index in [-0.39, 0.29) is 30.4 Å². The van der Waals surface area contributed by atoms with Gasteiger partial charge in [0.15, 0.2) is 0 Å². The Morgan fingerprint density at radius 1 is 1.15 bits per heavy atom. The van der Waals surface area contributed by atoms with Crippen molar-refractivity contribution in [2.45, 2.75) is 51.6 Å². The Morgan fingerprint density at radius 3 is 2.54 bits per heavy atom. The third kappa shape index (κ3) is 6.67. The number of benzene rings is 1. The van der Waals surface area contributed by atoms with E-state index in [1.54, 1.807) is 24.3 Å². The van der Waals surface area contributed by atoms with Crippen molar-refractivity contribution >= 4 is 21.9 Å². The van der Waals surface area contributed by atoms with Gasteiger partial charge in [0.25, 0.3) is 5.91 Å². The fourth-order valence-electron chi connectivity index (χ4n) is 2.83. The van der Waals surface area contributed by atoms with Crippen molar-refractivity contribution in [3.63, 3.8) is 0 Å². The van der Waals surface area contributed by atoms with Gasteiger partial charge in [-0.25, -0.2) is 13.1 Å². The van der Waals surface area contributed by atoms with E-state index in [0.29, 0.717) is 5.75 Å². The minimum absolute atomic E-state index is 0.00812. The van der Waals surface area contributed by atoms with Crippen molar-refractivity contribution in [3.05, 3.63) is 29.8 Å². The molecule has 0 saturated heterocycles. The number of ether oxygens (including phenoxy) is 2. The van der Waals surface area contributed by atoms with Crippen LogP contribution in [0.15, 0.2) is 24.3 Å². The maximum atomic E-state index is 12.4. The molecular weight excluding hydrogens is 358 g/mol. The summed E-state index contributed by atoms with van der Waals surface area (Å²) in [6.45, 7) is 1.24. The molecule has 1 aliphatic rings. The molecule has 7 nitrogen and oxygen atoms in total. The van der Waals surface area contributed by atoms with E-state index in [0.717, 1.165) is 25.7 Å². The SMILES string of the molecule is CC(=O)OCCCS(=O)(=O)NC(=O)c1ccccc1OC1CCCCC1. The molecule has 2 rings (SSSR count). The number of sulfonamides is 1. The number of hydrogen-bond donors (Lipinski definition) is 1. The van der Waals surface area contributed by atoms with Crippen molar-refractivity contribution < 1.29 is 27.5 Å². The molecule has 0 heterocycles. The second-order valence-electron chi connectivity index (χ2n) is 6.32. The zero-order valence-electron chi connectivity index (χ0n) is 14.9. The highest BCUT2D eigenvalue weighted by molar-refractivity contribution is 7.90. The van der Waals surface area contributed by atoms with Gasteiger partial charge >= 0.3 is 5.97 Å². The summed E-state index contributed by atoms with van der Waals surface area (Å²) in [5.41, 5.74) is 0.196. The molecule has 1 aromatic rings. The van der Waals surface area contributed by atoms with Gasteiger partial charge < -0.3 is 9.47 Å². The number of carbonyl (C=O) groups excluding carboxylic acids is 2. The highest BCUT2D eigenvalue weighted by Gasteiger charge is 2.21. The normalized spacial score (nSPS) is 15.3. The zero-order chi connectivity index (χ0) is 19.0. The van der Waals surface area contributed by atoms with E-state index in [1.807, 2.05) is 0 Å². The molecular formula is C18H25NO6S. The van der Waals surface area contributed by atoms with E-state index < -0.39 is 21.9 Å². The number of esters is 1. The highest BCUT2D eigenvalue weighted by Crippen LogP contribution is 2.26. The maximum absolute atomic E-state index is 12.4. The van der Waals surface area contributed by atoms with Crippen LogP contribution in [0.2, 0.25) is 0 Å². The van der Waals surface area contributed by atoms with Crippen LogP contribution in [0.4, 0.5) is 0 Å². The van der Waals surface area contributed by atoms with Crippen molar-refractivity contribution in [3.8, 4) is 5.75 Å². The van der Waals surface area contributed by atoms with Gasteiger partial charge in [-0.1, -0.05) is 18.6 Å². The monoisotopic (exact) mass is 383 g/mol. The van der Waals surface area contributed by atoms with Crippen molar-refractivity contribution in [2.75, 3.05) is 12.4 Å². The second kappa shape index (κ2) is 9.56. The molecule has 8 heteroatoms. The molecule has 0 radical (unpaired) electrons. The Balaban J connectivity index is 1.96. The van der Waals surface area contributed by atoms with Crippen molar-refractivity contribution in [2.24, 2.45) is 0 Å². The van der Waals surface area contributed by atoms with Crippen molar-refractivity contribution in [1.82, 2.24) is 4.72 Å². The molecule has 1 fully saturated rings. The zero-order valence-corrected chi connectivity index (χ0v) is 15.7. The van der Waals surface area contributed by atoms with Gasteiger partial charge in [-0.2, -0.15) is 0 Å². The molecule has 1 amide bonds. The van der Waals surface area contributed by atoms with Crippen LogP contribution in [0, 0.1) is 0 Å². The number of nitrogens with one attached hydrogen (secondary N) is 1. The molecule has 0 aromatic heterocycles. The van der Waals surface area contributed by atoms with Gasteiger partial charge in [-0.3, -0.25) is 9.59 Å². The van der Waals surface area contributed by atoms with Crippen LogP contribution < -0.4 is 9.46 Å². The molecule has 144 valence electrons. The molecule has 0 atom stereocenters. The van der Waals surface area contributed by atoms with Crippen LogP contribution in [-0.4, -0.2) is 38.8 Å². The molecule has 1 aromatic carbocycles. The number of rotatable bonds is 8. The quantitative estimate of drug-likeness (QED) is 0.547. The summed E-state index contributed by atoms with van der Waals surface area (Å²) in [7, 11) is -3.82. The lowest BCUT2D eigenvalue weighted by molar-refractivity contribution is -0.140. The molecule has 0 unspecified atom stereocenters. The minimum atomic E-state index is -3.82. The Bertz CT molecular complexity index is 725. The Kier molecular flexibility index (Phi) is 7.44. The van der Waals surface area contributed by atoms with E-state index in [1.165, 1.54) is 13.3 Å². The summed E-state index contributed by atoms with van der Waals surface area (Å²) in [6, 6.07) is 6.64. The fraction of sp³-hybridized carbons (Fsp3) is 0.556. The first-order chi connectivity index (χ1) is 12.4. The van der Waals surface area contributed by atoms with Crippen LogP contribution in [0.25, 0.3) is 0 Å². The lowest BCUT2D eigenvalue weighted by Gasteiger charge is -2.24. The van der Waals surface area contributed by atoms with Gasteiger partial charge in [-0.15, -0.1) is 0 Å². The van der Waals surface area contributed by atoms with Gasteiger partial charge in [0.05, 0.1) is 24.0 Å². The summed E-state index contributed by atoms with van der Waals surface area (Å²) in [4.78, 5) is 23.1. The summed E-state index contributed by atoms with van der Waals surface area (Å²) < 4.78 is 36.8. The van der Waals surface area contributed by atoms with E-state index in [9.17, 15) is 18.0 Å². The highest BCUT2D eigenvalue weighted by atomic mass is 32.2. The second-order valence-corrected chi connectivity index (χ2v) is 8.16. The van der Waals surface area contributed by atoms with Crippen LogP contribution in [0.3, 0.4) is 0 Å². The van der Waals surface area contributed by atoms with Gasteiger partial charge in [0.1, 0.15) is 5.75 Å². The summed E-state index contributed by atoms with van der Waals surface area (Å²) in [5, 5.41) is 0. The van der Waals surface area contributed by atoms with Crippen LogP contribution in [0.1, 0.15) is 55.8 Å². The fourth-order valence-corrected chi connectivity index (χ4v) is 3.82. The average Bonchev–Trinajstić information content (AvgIpc) is 2.59. The first-order valence-corrected chi connectivity index (χ1v) is 10.5. The van der Waals surface area contributed by atoms with E-state index >= 15 is 0 Å². The average molecular weight is 383 g/mol. The number of carbonyl (C=O) groups is 2. The maximum Gasteiger partial charge on any atom is 0.302 e. The molecule has 0 bridgehead atoms. The van der Waals surface area contributed by atoms with Gasteiger partial charge in [0.2, 0.25) is 10.0 Å². The Hall–Kier alpha value is -2.09. The lowest BCUT2D eigenvalue weighted by Crippen LogP contribution is -2.33. The van der Waals surface area contributed by atoms with E-state index in [2.05, 4.69) is 4.72 Å². The first kappa shape index (κ1) is 20.2. The van der Waals surface area contributed by atoms with Crippen LogP contribution in [0.5, 0.6) is 5.75 Å². The minimum Gasteiger partial charge on any atom is -0.490 e.